The first kappa shape index (κ1) is 13.4. The van der Waals surface area contributed by atoms with Crippen molar-refractivity contribution < 1.29 is 23.1 Å². The van der Waals surface area contributed by atoms with Crippen LogP contribution in [0.1, 0.15) is 0 Å². The molecular weight excluding hydrogens is 211 g/mol. The second kappa shape index (κ2) is 6.02. The van der Waals surface area contributed by atoms with Crippen LogP contribution in [0.3, 0.4) is 0 Å². The average Bonchev–Trinajstić information content (AvgIpc) is 2.07. The Kier molecular flexibility index (Phi) is 5.40. The molecule has 6 heteroatoms. The first-order chi connectivity index (χ1) is 6.85. The molecule has 0 fully saturated rings. The highest BCUT2D eigenvalue weighted by Crippen LogP contribution is 2.19. The summed E-state index contributed by atoms with van der Waals surface area (Å²) in [5.74, 6) is -1.32. The predicted molar refractivity (Wildman–Crippen MR) is 49.1 cm³/mol. The van der Waals surface area contributed by atoms with Gasteiger partial charge in [0.25, 0.3) is 0 Å². The molecule has 84 valence electrons. The molecule has 0 spiro atoms. The smallest absolute Gasteiger partial charge is 0.410 e. The van der Waals surface area contributed by atoms with E-state index in [2.05, 4.69) is 0 Å². The summed E-state index contributed by atoms with van der Waals surface area (Å²) in [4.78, 5) is 10.1. The van der Waals surface area contributed by atoms with E-state index in [1.54, 1.807) is 0 Å². The molecule has 0 aliphatic rings. The Morgan fingerprint density at radius 2 is 1.87 bits per heavy atom. The zero-order valence-corrected chi connectivity index (χ0v) is 7.66. The Balaban J connectivity index is 4.82. The summed E-state index contributed by atoms with van der Waals surface area (Å²) in [5, 5.41) is 8.24. The molecule has 0 heterocycles. The highest BCUT2D eigenvalue weighted by atomic mass is 19.4. The van der Waals surface area contributed by atoms with Gasteiger partial charge in [-0.05, 0) is 11.6 Å². The fourth-order valence-electron chi connectivity index (χ4n) is 0.712. The van der Waals surface area contributed by atoms with Crippen LogP contribution in [0.4, 0.5) is 13.2 Å². The third-order valence-corrected chi connectivity index (χ3v) is 1.20. The maximum atomic E-state index is 11.9. The Hall–Kier alpha value is -1.56. The van der Waals surface area contributed by atoms with Crippen LogP contribution in [0.5, 0.6) is 0 Å². The monoisotopic (exact) mass is 221 g/mol. The number of carboxylic acids is 1. The molecule has 0 amide bonds. The summed E-state index contributed by atoms with van der Waals surface area (Å²) in [7, 11) is 0. The molecule has 0 aromatic heterocycles. The summed E-state index contributed by atoms with van der Waals surface area (Å²) in [6, 6.07) is 0. The van der Waals surface area contributed by atoms with Gasteiger partial charge in [0.15, 0.2) is 0 Å². The minimum Gasteiger partial charge on any atom is -0.478 e. The molecule has 0 atom stereocenters. The maximum absolute atomic E-state index is 11.9. The summed E-state index contributed by atoms with van der Waals surface area (Å²) >= 11 is 0. The molecule has 0 aliphatic carbocycles. The lowest BCUT2D eigenvalue weighted by Crippen LogP contribution is -2.02. The molecule has 15 heavy (non-hydrogen) atoms. The van der Waals surface area contributed by atoms with Crippen molar-refractivity contribution in [3.05, 3.63) is 36.0 Å². The highest BCUT2D eigenvalue weighted by Gasteiger charge is 2.23. The lowest BCUT2D eigenvalue weighted by Gasteiger charge is -2.00. The summed E-state index contributed by atoms with van der Waals surface area (Å²) in [6.07, 6.45) is -0.618. The van der Waals surface area contributed by atoms with E-state index in [9.17, 15) is 18.0 Å². The molecule has 0 unspecified atom stereocenters. The highest BCUT2D eigenvalue weighted by molar-refractivity contribution is 5.80. The topological polar surface area (TPSA) is 63.3 Å². The van der Waals surface area contributed by atoms with Crippen molar-refractivity contribution in [1.29, 1.82) is 0 Å². The van der Waals surface area contributed by atoms with E-state index >= 15 is 0 Å². The van der Waals surface area contributed by atoms with Crippen LogP contribution in [0.25, 0.3) is 0 Å². The van der Waals surface area contributed by atoms with E-state index in [1.807, 2.05) is 0 Å². The van der Waals surface area contributed by atoms with Gasteiger partial charge < -0.3 is 10.8 Å². The SMILES string of the molecule is NC/C=C\C(=CC(F)(F)F)/C=C/C(=O)O. The lowest BCUT2D eigenvalue weighted by molar-refractivity contribution is -0.131. The van der Waals surface area contributed by atoms with E-state index in [-0.39, 0.29) is 18.2 Å². The quantitative estimate of drug-likeness (QED) is 0.560. The molecular formula is C9H10F3NO2. The molecule has 3 nitrogen and oxygen atoms in total. The van der Waals surface area contributed by atoms with E-state index in [0.29, 0.717) is 6.08 Å². The van der Waals surface area contributed by atoms with Gasteiger partial charge in [-0.25, -0.2) is 4.79 Å². The minimum atomic E-state index is -4.49. The number of halogens is 3. The van der Waals surface area contributed by atoms with Gasteiger partial charge in [-0.1, -0.05) is 12.2 Å². The molecule has 0 aliphatic heterocycles. The van der Waals surface area contributed by atoms with Crippen molar-refractivity contribution in [2.75, 3.05) is 6.54 Å². The minimum absolute atomic E-state index is 0.00139. The van der Waals surface area contributed by atoms with Gasteiger partial charge in [0.05, 0.1) is 0 Å². The Labute approximate surface area is 84.4 Å². The zero-order chi connectivity index (χ0) is 11.9. The third-order valence-electron chi connectivity index (χ3n) is 1.20. The number of carboxylic acid groups (broad SMARTS) is 1. The Morgan fingerprint density at radius 3 is 2.27 bits per heavy atom. The second-order valence-corrected chi connectivity index (χ2v) is 2.50. The van der Waals surface area contributed by atoms with Gasteiger partial charge in [0.1, 0.15) is 0 Å². The van der Waals surface area contributed by atoms with Crippen LogP contribution >= 0.6 is 0 Å². The van der Waals surface area contributed by atoms with Crippen LogP contribution in [0.15, 0.2) is 36.0 Å². The predicted octanol–water partition coefficient (Wildman–Crippen LogP) is 1.63. The molecule has 0 rings (SSSR count). The van der Waals surface area contributed by atoms with Crippen molar-refractivity contribution in [3.63, 3.8) is 0 Å². The normalized spacial score (nSPS) is 14.0. The van der Waals surface area contributed by atoms with E-state index < -0.39 is 12.1 Å². The molecule has 0 bridgehead atoms. The first-order valence-electron chi connectivity index (χ1n) is 3.92. The van der Waals surface area contributed by atoms with Gasteiger partial charge in [0, 0.05) is 18.7 Å². The van der Waals surface area contributed by atoms with Crippen molar-refractivity contribution in [1.82, 2.24) is 0 Å². The van der Waals surface area contributed by atoms with Crippen LogP contribution in [0.2, 0.25) is 0 Å². The fraction of sp³-hybridized carbons (Fsp3) is 0.222. The zero-order valence-electron chi connectivity index (χ0n) is 7.66. The number of aliphatic carboxylic acids is 1. The summed E-state index contributed by atoms with van der Waals surface area (Å²) in [5.41, 5.74) is 4.79. The molecule has 0 saturated carbocycles. The van der Waals surface area contributed by atoms with Crippen LogP contribution in [-0.2, 0) is 4.79 Å². The number of alkyl halides is 3. The standard InChI is InChI=1S/C9H10F3NO2/c10-9(11,12)6-7(2-1-5-13)3-4-8(14)15/h1-4,6H,5,13H2,(H,14,15)/b2-1-,4-3+,7-6?. The molecule has 0 radical (unpaired) electrons. The van der Waals surface area contributed by atoms with Crippen LogP contribution in [0, 0.1) is 0 Å². The van der Waals surface area contributed by atoms with Crippen molar-refractivity contribution in [2.24, 2.45) is 5.73 Å². The summed E-state index contributed by atoms with van der Waals surface area (Å²) in [6.45, 7) is 0.0795. The largest absolute Gasteiger partial charge is 0.478 e. The number of allylic oxidation sites excluding steroid dienone is 4. The molecule has 0 saturated heterocycles. The Morgan fingerprint density at radius 1 is 1.27 bits per heavy atom. The average molecular weight is 221 g/mol. The lowest BCUT2D eigenvalue weighted by atomic mass is 10.2. The number of hydrogen-bond donors (Lipinski definition) is 2. The number of rotatable bonds is 4. The van der Waals surface area contributed by atoms with Gasteiger partial charge in [0.2, 0.25) is 0 Å². The van der Waals surface area contributed by atoms with Crippen LogP contribution in [-0.4, -0.2) is 23.8 Å². The van der Waals surface area contributed by atoms with Gasteiger partial charge in [-0.3, -0.25) is 0 Å². The molecule has 0 aromatic rings. The van der Waals surface area contributed by atoms with Gasteiger partial charge in [-0.2, -0.15) is 13.2 Å². The summed E-state index contributed by atoms with van der Waals surface area (Å²) < 4.78 is 35.8. The number of carbonyl (C=O) groups is 1. The van der Waals surface area contributed by atoms with E-state index in [0.717, 1.165) is 12.2 Å². The van der Waals surface area contributed by atoms with E-state index in [4.69, 9.17) is 10.8 Å². The first-order valence-corrected chi connectivity index (χ1v) is 3.92. The van der Waals surface area contributed by atoms with Crippen molar-refractivity contribution in [2.45, 2.75) is 6.18 Å². The third kappa shape index (κ3) is 8.76. The Bertz CT molecular complexity index is 303. The van der Waals surface area contributed by atoms with Crippen LogP contribution < -0.4 is 5.73 Å². The second-order valence-electron chi connectivity index (χ2n) is 2.50. The molecule has 3 N–H and O–H groups in total. The number of nitrogens with two attached hydrogens (primary N) is 1. The van der Waals surface area contributed by atoms with Crippen molar-refractivity contribution >= 4 is 5.97 Å². The van der Waals surface area contributed by atoms with E-state index in [1.165, 1.54) is 6.08 Å². The molecule has 0 aromatic carbocycles. The van der Waals surface area contributed by atoms with Gasteiger partial charge in [-0.15, -0.1) is 0 Å². The van der Waals surface area contributed by atoms with Gasteiger partial charge >= 0.3 is 12.1 Å². The maximum Gasteiger partial charge on any atom is 0.410 e. The van der Waals surface area contributed by atoms with Crippen molar-refractivity contribution in [3.8, 4) is 0 Å². The number of hydrogen-bond acceptors (Lipinski definition) is 2. The fourth-order valence-corrected chi connectivity index (χ4v) is 0.712.